The fraction of sp³-hybridized carbons (Fsp3) is 0.643. The Morgan fingerprint density at radius 3 is 2.84 bits per heavy atom. The van der Waals surface area contributed by atoms with Crippen LogP contribution in [-0.4, -0.2) is 49.1 Å². The topological polar surface area (TPSA) is 57.5 Å². The van der Waals surface area contributed by atoms with Crippen LogP contribution < -0.4 is 10.6 Å². The van der Waals surface area contributed by atoms with Crippen molar-refractivity contribution < 1.29 is 9.21 Å². The highest BCUT2D eigenvalue weighted by Gasteiger charge is 2.23. The summed E-state index contributed by atoms with van der Waals surface area (Å²) in [5, 5.41) is 6.35. The summed E-state index contributed by atoms with van der Waals surface area (Å²) < 4.78 is 5.29. The van der Waals surface area contributed by atoms with Crippen LogP contribution in [0.2, 0.25) is 0 Å². The summed E-state index contributed by atoms with van der Waals surface area (Å²) in [5.41, 5.74) is 0. The zero-order valence-electron chi connectivity index (χ0n) is 11.7. The lowest BCUT2D eigenvalue weighted by atomic mass is 10.1. The quantitative estimate of drug-likeness (QED) is 0.819. The minimum absolute atomic E-state index is 0.0684. The van der Waals surface area contributed by atoms with Gasteiger partial charge in [0.15, 0.2) is 0 Å². The summed E-state index contributed by atoms with van der Waals surface area (Å²) in [5.74, 6) is 1.00. The SMILES string of the molecule is CC(Cc1ccco1)NC(=O)C(C)N1CCNCC1. The van der Waals surface area contributed by atoms with Gasteiger partial charge in [-0.1, -0.05) is 0 Å². The molecule has 5 nitrogen and oxygen atoms in total. The Hall–Kier alpha value is -1.33. The predicted octanol–water partition coefficient (Wildman–Crippen LogP) is 0.621. The molecule has 0 spiro atoms. The lowest BCUT2D eigenvalue weighted by molar-refractivity contribution is -0.126. The molecular weight excluding hydrogens is 242 g/mol. The van der Waals surface area contributed by atoms with Gasteiger partial charge in [-0.25, -0.2) is 0 Å². The van der Waals surface area contributed by atoms with Crippen LogP contribution >= 0.6 is 0 Å². The third kappa shape index (κ3) is 4.08. The number of carbonyl (C=O) groups excluding carboxylic acids is 1. The van der Waals surface area contributed by atoms with Gasteiger partial charge in [-0.05, 0) is 26.0 Å². The summed E-state index contributed by atoms with van der Waals surface area (Å²) in [7, 11) is 0. The summed E-state index contributed by atoms with van der Waals surface area (Å²) >= 11 is 0. The van der Waals surface area contributed by atoms with E-state index < -0.39 is 0 Å². The molecule has 19 heavy (non-hydrogen) atoms. The molecule has 2 unspecified atom stereocenters. The van der Waals surface area contributed by atoms with E-state index >= 15 is 0 Å². The molecule has 2 N–H and O–H groups in total. The minimum atomic E-state index is -0.0684. The summed E-state index contributed by atoms with van der Waals surface area (Å²) in [6.07, 6.45) is 2.39. The Bertz CT molecular complexity index is 385. The Morgan fingerprint density at radius 1 is 1.47 bits per heavy atom. The molecule has 0 radical (unpaired) electrons. The van der Waals surface area contributed by atoms with Crippen molar-refractivity contribution in [3.8, 4) is 0 Å². The standard InChI is InChI=1S/C14H23N3O2/c1-11(10-13-4-3-9-19-13)16-14(18)12(2)17-7-5-15-6-8-17/h3-4,9,11-12,15H,5-8,10H2,1-2H3,(H,16,18). The van der Waals surface area contributed by atoms with Gasteiger partial charge in [-0.15, -0.1) is 0 Å². The molecule has 106 valence electrons. The number of nitrogens with one attached hydrogen (secondary N) is 2. The van der Waals surface area contributed by atoms with Gasteiger partial charge >= 0.3 is 0 Å². The van der Waals surface area contributed by atoms with Crippen LogP contribution in [0.25, 0.3) is 0 Å². The van der Waals surface area contributed by atoms with Crippen molar-refractivity contribution in [2.24, 2.45) is 0 Å². The first-order chi connectivity index (χ1) is 9.16. The molecule has 2 atom stereocenters. The van der Waals surface area contributed by atoms with Crippen LogP contribution in [0.5, 0.6) is 0 Å². The second-order valence-electron chi connectivity index (χ2n) is 5.16. The fourth-order valence-electron chi connectivity index (χ4n) is 2.38. The minimum Gasteiger partial charge on any atom is -0.469 e. The maximum absolute atomic E-state index is 12.2. The van der Waals surface area contributed by atoms with E-state index in [0.29, 0.717) is 0 Å². The molecule has 1 aliphatic heterocycles. The van der Waals surface area contributed by atoms with Gasteiger partial charge < -0.3 is 15.1 Å². The number of carbonyl (C=O) groups is 1. The highest BCUT2D eigenvalue weighted by molar-refractivity contribution is 5.81. The van der Waals surface area contributed by atoms with E-state index in [2.05, 4.69) is 15.5 Å². The third-order valence-corrected chi connectivity index (χ3v) is 3.55. The lowest BCUT2D eigenvalue weighted by Crippen LogP contribution is -2.53. The molecule has 1 aromatic heterocycles. The zero-order chi connectivity index (χ0) is 13.7. The molecule has 5 heteroatoms. The summed E-state index contributed by atoms with van der Waals surface area (Å²) in [6, 6.07) is 3.82. The molecule has 1 aliphatic rings. The molecule has 0 aromatic carbocycles. The average Bonchev–Trinajstić information content (AvgIpc) is 2.91. The monoisotopic (exact) mass is 265 g/mol. The lowest BCUT2D eigenvalue weighted by Gasteiger charge is -2.32. The normalized spacial score (nSPS) is 19.9. The van der Waals surface area contributed by atoms with Crippen LogP contribution in [0.3, 0.4) is 0 Å². The second kappa shape index (κ2) is 6.73. The first kappa shape index (κ1) is 14.1. The molecule has 0 bridgehead atoms. The number of amides is 1. The maximum Gasteiger partial charge on any atom is 0.237 e. The van der Waals surface area contributed by atoms with Crippen molar-refractivity contribution in [1.29, 1.82) is 0 Å². The number of hydrogen-bond acceptors (Lipinski definition) is 4. The zero-order valence-corrected chi connectivity index (χ0v) is 11.7. The van der Waals surface area contributed by atoms with E-state index in [1.165, 1.54) is 0 Å². The Kier molecular flexibility index (Phi) is 4.99. The highest BCUT2D eigenvalue weighted by atomic mass is 16.3. The van der Waals surface area contributed by atoms with Crippen LogP contribution in [0.4, 0.5) is 0 Å². The van der Waals surface area contributed by atoms with E-state index in [4.69, 9.17) is 4.42 Å². The number of rotatable bonds is 5. The van der Waals surface area contributed by atoms with Gasteiger partial charge in [0, 0.05) is 38.6 Å². The first-order valence-electron chi connectivity index (χ1n) is 6.94. The second-order valence-corrected chi connectivity index (χ2v) is 5.16. The number of piperazine rings is 1. The van der Waals surface area contributed by atoms with Gasteiger partial charge in [0.05, 0.1) is 12.3 Å². The summed E-state index contributed by atoms with van der Waals surface area (Å²) in [4.78, 5) is 14.4. The summed E-state index contributed by atoms with van der Waals surface area (Å²) in [6.45, 7) is 7.76. The third-order valence-electron chi connectivity index (χ3n) is 3.55. The number of hydrogen-bond donors (Lipinski definition) is 2. The molecule has 1 amide bonds. The van der Waals surface area contributed by atoms with Crippen molar-refractivity contribution in [3.63, 3.8) is 0 Å². The molecule has 2 heterocycles. The van der Waals surface area contributed by atoms with Gasteiger partial charge in [-0.3, -0.25) is 9.69 Å². The van der Waals surface area contributed by atoms with Crippen molar-refractivity contribution in [2.45, 2.75) is 32.4 Å². The highest BCUT2D eigenvalue weighted by Crippen LogP contribution is 2.06. The van der Waals surface area contributed by atoms with E-state index in [0.717, 1.165) is 38.4 Å². The van der Waals surface area contributed by atoms with Gasteiger partial charge in [0.1, 0.15) is 5.76 Å². The maximum atomic E-state index is 12.2. The van der Waals surface area contributed by atoms with E-state index in [-0.39, 0.29) is 18.0 Å². The fourth-order valence-corrected chi connectivity index (χ4v) is 2.38. The van der Waals surface area contributed by atoms with Gasteiger partial charge in [0.25, 0.3) is 0 Å². The molecule has 0 aliphatic carbocycles. The van der Waals surface area contributed by atoms with E-state index in [9.17, 15) is 4.79 Å². The van der Waals surface area contributed by atoms with Crippen LogP contribution in [0.15, 0.2) is 22.8 Å². The Labute approximate surface area is 114 Å². The smallest absolute Gasteiger partial charge is 0.237 e. The molecule has 1 aromatic rings. The number of nitrogens with zero attached hydrogens (tertiary/aromatic N) is 1. The molecular formula is C14H23N3O2. The van der Waals surface area contributed by atoms with Crippen LogP contribution in [0, 0.1) is 0 Å². The van der Waals surface area contributed by atoms with Crippen molar-refractivity contribution >= 4 is 5.91 Å². The van der Waals surface area contributed by atoms with Crippen LogP contribution in [-0.2, 0) is 11.2 Å². The van der Waals surface area contributed by atoms with Gasteiger partial charge in [0.2, 0.25) is 5.91 Å². The van der Waals surface area contributed by atoms with E-state index in [1.54, 1.807) is 6.26 Å². The van der Waals surface area contributed by atoms with Crippen molar-refractivity contribution in [3.05, 3.63) is 24.2 Å². The van der Waals surface area contributed by atoms with Crippen LogP contribution in [0.1, 0.15) is 19.6 Å². The molecule has 0 saturated carbocycles. The predicted molar refractivity (Wildman–Crippen MR) is 73.9 cm³/mol. The largest absolute Gasteiger partial charge is 0.469 e. The average molecular weight is 265 g/mol. The van der Waals surface area contributed by atoms with Gasteiger partial charge in [-0.2, -0.15) is 0 Å². The van der Waals surface area contributed by atoms with Crippen molar-refractivity contribution in [1.82, 2.24) is 15.5 Å². The molecule has 1 fully saturated rings. The van der Waals surface area contributed by atoms with E-state index in [1.807, 2.05) is 26.0 Å². The Morgan fingerprint density at radius 2 is 2.21 bits per heavy atom. The molecule has 1 saturated heterocycles. The first-order valence-corrected chi connectivity index (χ1v) is 6.94. The Balaban J connectivity index is 1.79. The number of furan rings is 1. The molecule has 2 rings (SSSR count). The van der Waals surface area contributed by atoms with Crippen molar-refractivity contribution in [2.75, 3.05) is 26.2 Å².